The van der Waals surface area contributed by atoms with Crippen LogP contribution in [-0.2, 0) is 11.2 Å². The van der Waals surface area contributed by atoms with Gasteiger partial charge in [-0.15, -0.1) is 0 Å². The number of hydrogen-bond donors (Lipinski definition) is 0. The van der Waals surface area contributed by atoms with Crippen molar-refractivity contribution in [2.45, 2.75) is 69.7 Å². The lowest BCUT2D eigenvalue weighted by Gasteiger charge is -2.42. The zero-order chi connectivity index (χ0) is 23.9. The molecule has 3 nitrogen and oxygen atoms in total. The van der Waals surface area contributed by atoms with E-state index in [2.05, 4.69) is 28.0 Å². The zero-order valence-electron chi connectivity index (χ0n) is 20.5. The molecule has 0 aromatic heterocycles. The average molecular weight is 479 g/mol. The van der Waals surface area contributed by atoms with Gasteiger partial charge in [-0.2, -0.15) is 0 Å². The summed E-state index contributed by atoms with van der Waals surface area (Å²) in [4.78, 5) is 17.8. The Kier molecular flexibility index (Phi) is 6.38. The number of Topliss-reactive ketones (excluding diaryl/α,β-unsaturated/α-hetero) is 1. The van der Waals surface area contributed by atoms with Crippen LogP contribution in [0.1, 0.15) is 80.0 Å². The molecule has 0 spiro atoms. The molecule has 1 atom stereocenters. The molecule has 2 saturated heterocycles. The van der Waals surface area contributed by atoms with Gasteiger partial charge in [-0.25, -0.2) is 8.78 Å². The van der Waals surface area contributed by atoms with Crippen LogP contribution in [0.5, 0.6) is 0 Å². The first-order chi connectivity index (χ1) is 17.1. The number of ketones is 1. The van der Waals surface area contributed by atoms with Crippen molar-refractivity contribution in [3.63, 3.8) is 0 Å². The van der Waals surface area contributed by atoms with Gasteiger partial charge in [0.05, 0.1) is 0 Å². The Morgan fingerprint density at radius 3 is 2.23 bits per heavy atom. The van der Waals surface area contributed by atoms with Crippen molar-refractivity contribution in [3.05, 3.63) is 64.7 Å². The molecule has 0 N–H and O–H groups in total. The van der Waals surface area contributed by atoms with E-state index in [0.29, 0.717) is 30.8 Å². The summed E-state index contributed by atoms with van der Waals surface area (Å²) in [6.07, 6.45) is 10.2. The normalized spacial score (nSPS) is 24.4. The fourth-order valence-corrected chi connectivity index (χ4v) is 7.15. The standard InChI is InChI=1S/C30H36F2N2O/c31-26-7-4-8-27(32)29(26)23-18-34(19-23)24-10-11-25-22(17-24)9-12-28(25)33-15-13-21(14-16-33)30(35)20-5-2-1-3-6-20/h4,7-8,10-11,17,20-21,23,28H,1-3,5-6,9,12-16,18-19H2. The number of halogens is 2. The number of anilines is 1. The van der Waals surface area contributed by atoms with E-state index in [1.165, 1.54) is 48.6 Å². The van der Waals surface area contributed by atoms with Crippen LogP contribution in [0.2, 0.25) is 0 Å². The Morgan fingerprint density at radius 2 is 1.51 bits per heavy atom. The van der Waals surface area contributed by atoms with E-state index >= 15 is 0 Å². The predicted molar refractivity (Wildman–Crippen MR) is 135 cm³/mol. The number of carbonyl (C=O) groups excluding carboxylic acids is 1. The first-order valence-corrected chi connectivity index (χ1v) is 13.7. The maximum Gasteiger partial charge on any atom is 0.139 e. The van der Waals surface area contributed by atoms with E-state index in [-0.39, 0.29) is 17.4 Å². The van der Waals surface area contributed by atoms with Crippen molar-refractivity contribution >= 4 is 11.5 Å². The molecule has 2 aliphatic carbocycles. The second-order valence-electron chi connectivity index (χ2n) is 11.2. The summed E-state index contributed by atoms with van der Waals surface area (Å²) < 4.78 is 28.3. The van der Waals surface area contributed by atoms with Crippen molar-refractivity contribution in [2.75, 3.05) is 31.1 Å². The van der Waals surface area contributed by atoms with Crippen molar-refractivity contribution in [1.82, 2.24) is 4.90 Å². The highest BCUT2D eigenvalue weighted by Gasteiger charge is 2.36. The molecule has 1 unspecified atom stereocenters. The SMILES string of the molecule is O=C(C1CCCCC1)C1CCN(C2CCc3cc(N4CC(c5c(F)cccc5F)C4)ccc32)CC1. The van der Waals surface area contributed by atoms with Crippen LogP contribution >= 0.6 is 0 Å². The summed E-state index contributed by atoms with van der Waals surface area (Å²) in [6.45, 7) is 3.36. The predicted octanol–water partition coefficient (Wildman–Crippen LogP) is 6.42. The van der Waals surface area contributed by atoms with Gasteiger partial charge in [0.2, 0.25) is 0 Å². The molecule has 4 aliphatic rings. The number of carbonyl (C=O) groups is 1. The molecule has 1 saturated carbocycles. The fraction of sp³-hybridized carbons (Fsp3) is 0.567. The number of piperidine rings is 1. The maximum absolute atomic E-state index is 14.1. The molecular formula is C30H36F2N2O. The lowest BCUT2D eigenvalue weighted by molar-refractivity contribution is -0.129. The molecule has 2 aromatic rings. The van der Waals surface area contributed by atoms with Crippen molar-refractivity contribution in [3.8, 4) is 0 Å². The fourth-order valence-electron chi connectivity index (χ4n) is 7.15. The summed E-state index contributed by atoms with van der Waals surface area (Å²) in [5.74, 6) is 0.211. The van der Waals surface area contributed by atoms with Gasteiger partial charge in [0, 0.05) is 48.1 Å². The summed E-state index contributed by atoms with van der Waals surface area (Å²) in [7, 11) is 0. The molecule has 2 aromatic carbocycles. The number of aryl methyl sites for hydroxylation is 1. The third kappa shape index (κ3) is 4.41. The Morgan fingerprint density at radius 1 is 0.829 bits per heavy atom. The van der Waals surface area contributed by atoms with Gasteiger partial charge in [-0.3, -0.25) is 9.69 Å². The van der Waals surface area contributed by atoms with Gasteiger partial charge in [0.25, 0.3) is 0 Å². The van der Waals surface area contributed by atoms with Crippen LogP contribution in [0.15, 0.2) is 36.4 Å². The van der Waals surface area contributed by atoms with Crippen LogP contribution in [0, 0.1) is 23.5 Å². The molecule has 0 bridgehead atoms. The quantitative estimate of drug-likeness (QED) is 0.496. The molecule has 0 radical (unpaired) electrons. The number of likely N-dealkylation sites (tertiary alicyclic amines) is 1. The number of rotatable bonds is 5. The van der Waals surface area contributed by atoms with E-state index in [1.807, 2.05) is 0 Å². The second-order valence-corrected chi connectivity index (χ2v) is 11.2. The minimum absolute atomic E-state index is 0.0881. The van der Waals surface area contributed by atoms with E-state index in [0.717, 1.165) is 57.3 Å². The first kappa shape index (κ1) is 23.1. The molecule has 2 heterocycles. The summed E-state index contributed by atoms with van der Waals surface area (Å²) in [6, 6.07) is 11.3. The van der Waals surface area contributed by atoms with Crippen LogP contribution in [-0.4, -0.2) is 36.9 Å². The number of benzene rings is 2. The molecule has 5 heteroatoms. The highest BCUT2D eigenvalue weighted by Crippen LogP contribution is 2.42. The topological polar surface area (TPSA) is 23.6 Å². The third-order valence-electron chi connectivity index (χ3n) is 9.21. The Labute approximate surface area is 207 Å². The smallest absolute Gasteiger partial charge is 0.139 e. The largest absolute Gasteiger partial charge is 0.370 e. The minimum atomic E-state index is -0.435. The van der Waals surface area contributed by atoms with Gasteiger partial charge >= 0.3 is 0 Å². The molecular weight excluding hydrogens is 442 g/mol. The Balaban J connectivity index is 1.06. The van der Waals surface area contributed by atoms with Gasteiger partial charge in [0.15, 0.2) is 0 Å². The lowest BCUT2D eigenvalue weighted by atomic mass is 9.78. The second kappa shape index (κ2) is 9.65. The van der Waals surface area contributed by atoms with E-state index in [1.54, 1.807) is 0 Å². The van der Waals surface area contributed by atoms with Crippen molar-refractivity contribution < 1.29 is 13.6 Å². The van der Waals surface area contributed by atoms with Crippen LogP contribution in [0.25, 0.3) is 0 Å². The van der Waals surface area contributed by atoms with E-state index < -0.39 is 11.6 Å². The highest BCUT2D eigenvalue weighted by atomic mass is 19.1. The maximum atomic E-state index is 14.1. The Hall–Kier alpha value is -2.27. The molecule has 6 rings (SSSR count). The molecule has 3 fully saturated rings. The minimum Gasteiger partial charge on any atom is -0.370 e. The number of fused-ring (bicyclic) bond motifs is 1. The van der Waals surface area contributed by atoms with Crippen LogP contribution < -0.4 is 4.90 Å². The van der Waals surface area contributed by atoms with Crippen LogP contribution in [0.3, 0.4) is 0 Å². The molecule has 2 aliphatic heterocycles. The summed E-state index contributed by atoms with van der Waals surface area (Å²) in [5, 5.41) is 0. The number of hydrogen-bond acceptors (Lipinski definition) is 3. The van der Waals surface area contributed by atoms with E-state index in [4.69, 9.17) is 0 Å². The van der Waals surface area contributed by atoms with Crippen LogP contribution in [0.4, 0.5) is 14.5 Å². The zero-order valence-corrected chi connectivity index (χ0v) is 20.5. The van der Waals surface area contributed by atoms with Crippen molar-refractivity contribution in [2.24, 2.45) is 11.8 Å². The van der Waals surface area contributed by atoms with Crippen molar-refractivity contribution in [1.29, 1.82) is 0 Å². The molecule has 0 amide bonds. The van der Waals surface area contributed by atoms with Gasteiger partial charge in [-0.05, 0) is 87.0 Å². The average Bonchev–Trinajstić information content (AvgIpc) is 3.28. The van der Waals surface area contributed by atoms with E-state index in [9.17, 15) is 13.6 Å². The lowest BCUT2D eigenvalue weighted by Crippen LogP contribution is -2.45. The van der Waals surface area contributed by atoms with Gasteiger partial charge in [0.1, 0.15) is 17.4 Å². The van der Waals surface area contributed by atoms with Gasteiger partial charge in [-0.1, -0.05) is 31.4 Å². The third-order valence-corrected chi connectivity index (χ3v) is 9.21. The molecule has 186 valence electrons. The van der Waals surface area contributed by atoms with Gasteiger partial charge < -0.3 is 4.90 Å². The summed E-state index contributed by atoms with van der Waals surface area (Å²) >= 11 is 0. The number of nitrogens with zero attached hydrogens (tertiary/aromatic N) is 2. The monoisotopic (exact) mass is 478 g/mol. The molecule has 35 heavy (non-hydrogen) atoms. The summed E-state index contributed by atoms with van der Waals surface area (Å²) in [5.41, 5.74) is 4.24. The first-order valence-electron chi connectivity index (χ1n) is 13.7. The Bertz CT molecular complexity index is 1060. The highest BCUT2D eigenvalue weighted by molar-refractivity contribution is 5.83.